The molecular formula is C6H8N2O. The molecule has 0 aliphatic carbocycles. The smallest absolute Gasteiger partial charge is 0.267 e. The molecule has 0 radical (unpaired) electrons. The predicted molar refractivity (Wildman–Crippen MR) is 34.3 cm³/mol. The van der Waals surface area contributed by atoms with Gasteiger partial charge in [0.25, 0.3) is 5.56 Å². The lowest BCUT2D eigenvalue weighted by Gasteiger charge is -1.92. The van der Waals surface area contributed by atoms with E-state index in [2.05, 4.69) is 10.2 Å². The fourth-order valence-corrected chi connectivity index (χ4v) is 0.547. The first-order chi connectivity index (χ1) is 4.22. The number of aromatic nitrogens is 2. The minimum Gasteiger partial charge on any atom is -0.268 e. The Hall–Kier alpha value is -1.12. The van der Waals surface area contributed by atoms with Gasteiger partial charge in [0.2, 0.25) is 0 Å². The Kier molecular flexibility index (Phi) is 1.34. The molecule has 1 N–H and O–H groups in total. The average molecular weight is 124 g/mol. The number of H-pyrrole nitrogens is 1. The first-order valence-electron chi connectivity index (χ1n) is 2.72. The third kappa shape index (κ3) is 0.988. The lowest BCUT2D eigenvalue weighted by atomic mass is 10.2. The number of aryl methyl sites for hydroxylation is 1. The van der Waals surface area contributed by atoms with Crippen LogP contribution in [0.4, 0.5) is 0 Å². The molecular weight excluding hydrogens is 116 g/mol. The van der Waals surface area contributed by atoms with E-state index in [1.807, 2.05) is 6.92 Å². The lowest BCUT2D eigenvalue weighted by molar-refractivity contribution is 0.951. The third-order valence-corrected chi connectivity index (χ3v) is 1.36. The van der Waals surface area contributed by atoms with Gasteiger partial charge in [-0.2, -0.15) is 5.10 Å². The summed E-state index contributed by atoms with van der Waals surface area (Å²) in [6, 6.07) is 0. The fourth-order valence-electron chi connectivity index (χ4n) is 0.547. The van der Waals surface area contributed by atoms with Gasteiger partial charge in [-0.25, -0.2) is 5.10 Å². The SMILES string of the molecule is Cc1cn[nH]c(=O)c1C. The van der Waals surface area contributed by atoms with Crippen molar-refractivity contribution in [3.8, 4) is 0 Å². The maximum Gasteiger partial charge on any atom is 0.267 e. The van der Waals surface area contributed by atoms with E-state index in [1.165, 1.54) is 0 Å². The van der Waals surface area contributed by atoms with Crippen molar-refractivity contribution in [3.63, 3.8) is 0 Å². The van der Waals surface area contributed by atoms with Crippen molar-refractivity contribution in [2.75, 3.05) is 0 Å². The molecule has 0 unspecified atom stereocenters. The summed E-state index contributed by atoms with van der Waals surface area (Å²) in [7, 11) is 0. The van der Waals surface area contributed by atoms with E-state index in [-0.39, 0.29) is 5.56 Å². The molecule has 48 valence electrons. The van der Waals surface area contributed by atoms with Gasteiger partial charge in [0, 0.05) is 5.56 Å². The highest BCUT2D eigenvalue weighted by molar-refractivity contribution is 5.15. The minimum absolute atomic E-state index is 0.102. The molecule has 0 fully saturated rings. The van der Waals surface area contributed by atoms with Crippen molar-refractivity contribution in [2.24, 2.45) is 0 Å². The Morgan fingerprint density at radius 2 is 2.22 bits per heavy atom. The molecule has 0 amide bonds. The Bertz CT molecular complexity index is 264. The van der Waals surface area contributed by atoms with Crippen LogP contribution in [-0.4, -0.2) is 10.2 Å². The Balaban J connectivity index is 3.43. The largest absolute Gasteiger partial charge is 0.268 e. The molecule has 3 heteroatoms. The van der Waals surface area contributed by atoms with Gasteiger partial charge >= 0.3 is 0 Å². The molecule has 1 aromatic heterocycles. The van der Waals surface area contributed by atoms with E-state index in [1.54, 1.807) is 13.1 Å². The molecule has 1 heterocycles. The van der Waals surface area contributed by atoms with Crippen molar-refractivity contribution in [1.29, 1.82) is 0 Å². The van der Waals surface area contributed by atoms with Crippen LogP contribution in [0.1, 0.15) is 11.1 Å². The molecule has 1 aromatic rings. The molecule has 3 nitrogen and oxygen atoms in total. The van der Waals surface area contributed by atoms with Gasteiger partial charge in [0.1, 0.15) is 0 Å². The van der Waals surface area contributed by atoms with Crippen LogP contribution >= 0.6 is 0 Å². The summed E-state index contributed by atoms with van der Waals surface area (Å²) in [6.07, 6.45) is 1.64. The van der Waals surface area contributed by atoms with Gasteiger partial charge < -0.3 is 0 Å². The molecule has 0 bridgehead atoms. The zero-order valence-corrected chi connectivity index (χ0v) is 5.43. The monoisotopic (exact) mass is 124 g/mol. The first kappa shape index (κ1) is 6.01. The Morgan fingerprint density at radius 3 is 2.67 bits per heavy atom. The van der Waals surface area contributed by atoms with E-state index in [9.17, 15) is 4.79 Å². The molecule has 1 rings (SSSR count). The summed E-state index contributed by atoms with van der Waals surface area (Å²) in [4.78, 5) is 10.7. The lowest BCUT2D eigenvalue weighted by Crippen LogP contribution is -2.11. The highest BCUT2D eigenvalue weighted by Crippen LogP contribution is 1.93. The Labute approximate surface area is 52.7 Å². The zero-order chi connectivity index (χ0) is 6.85. The van der Waals surface area contributed by atoms with Crippen molar-refractivity contribution in [1.82, 2.24) is 10.2 Å². The molecule has 9 heavy (non-hydrogen) atoms. The number of hydrogen-bond acceptors (Lipinski definition) is 2. The van der Waals surface area contributed by atoms with Gasteiger partial charge in [-0.05, 0) is 19.4 Å². The van der Waals surface area contributed by atoms with Crippen LogP contribution in [0.2, 0.25) is 0 Å². The topological polar surface area (TPSA) is 45.8 Å². The highest BCUT2D eigenvalue weighted by Gasteiger charge is 1.93. The van der Waals surface area contributed by atoms with Crippen molar-refractivity contribution in [3.05, 3.63) is 27.7 Å². The number of nitrogens with one attached hydrogen (secondary N) is 1. The van der Waals surface area contributed by atoms with E-state index in [0.717, 1.165) is 11.1 Å². The highest BCUT2D eigenvalue weighted by atomic mass is 16.1. The van der Waals surface area contributed by atoms with Crippen molar-refractivity contribution >= 4 is 0 Å². The Morgan fingerprint density at radius 1 is 1.56 bits per heavy atom. The predicted octanol–water partition coefficient (Wildman–Crippen LogP) is 0.387. The van der Waals surface area contributed by atoms with Crippen LogP contribution in [0.25, 0.3) is 0 Å². The van der Waals surface area contributed by atoms with E-state index in [0.29, 0.717) is 0 Å². The molecule has 0 aromatic carbocycles. The van der Waals surface area contributed by atoms with Crippen LogP contribution in [0.15, 0.2) is 11.0 Å². The minimum atomic E-state index is -0.102. The second kappa shape index (κ2) is 2.01. The summed E-state index contributed by atoms with van der Waals surface area (Å²) in [5, 5.41) is 5.94. The van der Waals surface area contributed by atoms with E-state index in [4.69, 9.17) is 0 Å². The summed E-state index contributed by atoms with van der Waals surface area (Å²) in [6.45, 7) is 3.63. The zero-order valence-electron chi connectivity index (χ0n) is 5.43. The standard InChI is InChI=1S/C6H8N2O/c1-4-3-7-8-6(9)5(4)2/h3H,1-2H3,(H,8,9). The summed E-state index contributed by atoms with van der Waals surface area (Å²) in [5.74, 6) is 0. The van der Waals surface area contributed by atoms with Crippen molar-refractivity contribution in [2.45, 2.75) is 13.8 Å². The van der Waals surface area contributed by atoms with Gasteiger partial charge in [0.05, 0.1) is 6.20 Å². The second-order valence-electron chi connectivity index (χ2n) is 2.01. The molecule has 0 aliphatic rings. The van der Waals surface area contributed by atoms with Gasteiger partial charge in [-0.1, -0.05) is 0 Å². The van der Waals surface area contributed by atoms with E-state index >= 15 is 0 Å². The molecule has 0 atom stereocenters. The number of aromatic amines is 1. The normalized spacial score (nSPS) is 9.56. The first-order valence-corrected chi connectivity index (χ1v) is 2.72. The average Bonchev–Trinajstić information content (AvgIpc) is 1.83. The summed E-state index contributed by atoms with van der Waals surface area (Å²) >= 11 is 0. The van der Waals surface area contributed by atoms with Crippen LogP contribution in [0.3, 0.4) is 0 Å². The van der Waals surface area contributed by atoms with Crippen LogP contribution < -0.4 is 5.56 Å². The number of nitrogens with zero attached hydrogens (tertiary/aromatic N) is 1. The van der Waals surface area contributed by atoms with E-state index < -0.39 is 0 Å². The summed E-state index contributed by atoms with van der Waals surface area (Å²) < 4.78 is 0. The quantitative estimate of drug-likeness (QED) is 0.543. The van der Waals surface area contributed by atoms with Crippen molar-refractivity contribution < 1.29 is 0 Å². The number of rotatable bonds is 0. The molecule has 0 saturated carbocycles. The van der Waals surface area contributed by atoms with Gasteiger partial charge in [0.15, 0.2) is 0 Å². The van der Waals surface area contributed by atoms with Crippen LogP contribution in [0, 0.1) is 13.8 Å². The van der Waals surface area contributed by atoms with Gasteiger partial charge in [-0.3, -0.25) is 4.79 Å². The summed E-state index contributed by atoms with van der Waals surface area (Å²) in [5.41, 5.74) is 1.57. The molecule has 0 saturated heterocycles. The maximum atomic E-state index is 10.7. The molecule has 0 aliphatic heterocycles. The maximum absolute atomic E-state index is 10.7. The number of hydrogen-bond donors (Lipinski definition) is 1. The van der Waals surface area contributed by atoms with Crippen LogP contribution in [-0.2, 0) is 0 Å². The van der Waals surface area contributed by atoms with Gasteiger partial charge in [-0.15, -0.1) is 0 Å². The second-order valence-corrected chi connectivity index (χ2v) is 2.01. The molecule has 0 spiro atoms. The third-order valence-electron chi connectivity index (χ3n) is 1.36. The fraction of sp³-hybridized carbons (Fsp3) is 0.333. The van der Waals surface area contributed by atoms with Crippen LogP contribution in [0.5, 0.6) is 0 Å².